The zero-order chi connectivity index (χ0) is 14.1. The molecule has 0 fully saturated rings. The van der Waals surface area contributed by atoms with Crippen LogP contribution in [0.5, 0.6) is 0 Å². The van der Waals surface area contributed by atoms with Gasteiger partial charge in [-0.1, -0.05) is 20.3 Å². The lowest BCUT2D eigenvalue weighted by atomic mass is 9.94. The van der Waals surface area contributed by atoms with E-state index in [1.807, 2.05) is 13.8 Å². The lowest BCUT2D eigenvalue weighted by Crippen LogP contribution is -2.44. The van der Waals surface area contributed by atoms with E-state index in [-0.39, 0.29) is 17.4 Å². The van der Waals surface area contributed by atoms with Crippen LogP contribution in [0, 0.1) is 11.8 Å². The molecule has 0 saturated carbocycles. The molecule has 1 atom stereocenters. The van der Waals surface area contributed by atoms with E-state index >= 15 is 0 Å². The van der Waals surface area contributed by atoms with E-state index in [9.17, 15) is 9.59 Å². The van der Waals surface area contributed by atoms with Crippen LogP contribution in [-0.2, 0) is 9.59 Å². The van der Waals surface area contributed by atoms with E-state index < -0.39 is 11.9 Å². The standard InChI is InChI=1S/C11H21N3O3S/c1-7(2)3-4-8(10(16)17)5-6-9(15)13-14-11(12)18/h7-8H,3-6H2,1-2H3,(H,13,15)(H,16,17)(H3,12,14,18)/t8-/m1/s1. The van der Waals surface area contributed by atoms with Crippen LogP contribution >= 0.6 is 12.2 Å². The summed E-state index contributed by atoms with van der Waals surface area (Å²) in [5.41, 5.74) is 9.74. The van der Waals surface area contributed by atoms with Gasteiger partial charge >= 0.3 is 5.97 Å². The van der Waals surface area contributed by atoms with Crippen molar-refractivity contribution in [2.45, 2.75) is 39.5 Å². The molecule has 0 saturated heterocycles. The molecular formula is C11H21N3O3S. The fourth-order valence-corrected chi connectivity index (χ4v) is 1.48. The molecule has 0 aromatic rings. The SMILES string of the molecule is CC(C)CC[C@H](CCC(=O)NNC(N)=S)C(=O)O. The molecule has 0 bridgehead atoms. The zero-order valence-corrected chi connectivity index (χ0v) is 11.5. The van der Waals surface area contributed by atoms with Crippen LogP contribution in [0.4, 0.5) is 0 Å². The van der Waals surface area contributed by atoms with Crippen molar-refractivity contribution in [3.8, 4) is 0 Å². The molecule has 18 heavy (non-hydrogen) atoms. The van der Waals surface area contributed by atoms with E-state index in [2.05, 4.69) is 23.1 Å². The first kappa shape index (κ1) is 16.6. The molecule has 0 aromatic heterocycles. The van der Waals surface area contributed by atoms with Gasteiger partial charge in [0.05, 0.1) is 5.92 Å². The summed E-state index contributed by atoms with van der Waals surface area (Å²) in [6.07, 6.45) is 1.87. The van der Waals surface area contributed by atoms with E-state index in [0.29, 0.717) is 18.8 Å². The van der Waals surface area contributed by atoms with Gasteiger partial charge in [-0.25, -0.2) is 0 Å². The Morgan fingerprint density at radius 3 is 2.28 bits per heavy atom. The lowest BCUT2D eigenvalue weighted by Gasteiger charge is -2.13. The Balaban J connectivity index is 3.99. The summed E-state index contributed by atoms with van der Waals surface area (Å²) in [5.74, 6) is -1.20. The normalized spacial score (nSPS) is 11.9. The maximum absolute atomic E-state index is 11.3. The summed E-state index contributed by atoms with van der Waals surface area (Å²) in [4.78, 5) is 22.3. The molecule has 0 rings (SSSR count). The molecule has 5 N–H and O–H groups in total. The van der Waals surface area contributed by atoms with Crippen molar-refractivity contribution in [1.82, 2.24) is 10.9 Å². The minimum absolute atomic E-state index is 0.0297. The largest absolute Gasteiger partial charge is 0.481 e. The molecule has 0 aliphatic rings. The Labute approximate surface area is 112 Å². The molecule has 0 spiro atoms. The Kier molecular flexibility index (Phi) is 8.02. The van der Waals surface area contributed by atoms with Gasteiger partial charge in [0.25, 0.3) is 0 Å². The van der Waals surface area contributed by atoms with Crippen molar-refractivity contribution in [1.29, 1.82) is 0 Å². The summed E-state index contributed by atoms with van der Waals surface area (Å²) in [5, 5.41) is 9.00. The van der Waals surface area contributed by atoms with Crippen LogP contribution < -0.4 is 16.6 Å². The topological polar surface area (TPSA) is 104 Å². The average molecular weight is 275 g/mol. The second-order valence-corrected chi connectivity index (χ2v) is 5.02. The Hall–Kier alpha value is -1.37. The highest BCUT2D eigenvalue weighted by molar-refractivity contribution is 7.80. The number of carboxylic acids is 1. The fraction of sp³-hybridized carbons (Fsp3) is 0.727. The predicted octanol–water partition coefficient (Wildman–Crippen LogP) is 0.768. The average Bonchev–Trinajstić information content (AvgIpc) is 2.25. The van der Waals surface area contributed by atoms with Crippen LogP contribution in [0.1, 0.15) is 39.5 Å². The number of carbonyl (C=O) groups excluding carboxylic acids is 1. The van der Waals surface area contributed by atoms with Crippen LogP contribution in [-0.4, -0.2) is 22.1 Å². The highest BCUT2D eigenvalue weighted by Gasteiger charge is 2.18. The number of hydrazine groups is 1. The molecule has 1 amide bonds. The number of rotatable bonds is 7. The minimum atomic E-state index is -0.856. The number of aliphatic carboxylic acids is 1. The third-order valence-electron chi connectivity index (χ3n) is 2.49. The van der Waals surface area contributed by atoms with Crippen molar-refractivity contribution in [3.05, 3.63) is 0 Å². The van der Waals surface area contributed by atoms with Gasteiger partial charge in [0.2, 0.25) is 5.91 Å². The number of hydrogen-bond donors (Lipinski definition) is 4. The molecule has 0 unspecified atom stereocenters. The fourth-order valence-electron chi connectivity index (χ4n) is 1.42. The molecule has 104 valence electrons. The highest BCUT2D eigenvalue weighted by Crippen LogP contribution is 2.17. The first-order chi connectivity index (χ1) is 8.32. The maximum atomic E-state index is 11.3. The third-order valence-corrected chi connectivity index (χ3v) is 2.59. The van der Waals surface area contributed by atoms with Crippen LogP contribution in [0.3, 0.4) is 0 Å². The summed E-state index contributed by atoms with van der Waals surface area (Å²) in [7, 11) is 0. The van der Waals surface area contributed by atoms with Gasteiger partial charge in [-0.15, -0.1) is 0 Å². The smallest absolute Gasteiger partial charge is 0.306 e. The van der Waals surface area contributed by atoms with Gasteiger partial charge in [-0.05, 0) is 31.0 Å². The number of nitrogens with one attached hydrogen (secondary N) is 2. The van der Waals surface area contributed by atoms with Crippen LogP contribution in [0.15, 0.2) is 0 Å². The summed E-state index contributed by atoms with van der Waals surface area (Å²) >= 11 is 4.52. The minimum Gasteiger partial charge on any atom is -0.481 e. The van der Waals surface area contributed by atoms with Gasteiger partial charge in [0, 0.05) is 6.42 Å². The highest BCUT2D eigenvalue weighted by atomic mass is 32.1. The number of carbonyl (C=O) groups is 2. The van der Waals surface area contributed by atoms with Crippen molar-refractivity contribution in [2.75, 3.05) is 0 Å². The second-order valence-electron chi connectivity index (χ2n) is 4.58. The predicted molar refractivity (Wildman–Crippen MR) is 72.5 cm³/mol. The summed E-state index contributed by atoms with van der Waals surface area (Å²) in [6, 6.07) is 0. The Morgan fingerprint density at radius 2 is 1.83 bits per heavy atom. The van der Waals surface area contributed by atoms with Crippen molar-refractivity contribution < 1.29 is 14.7 Å². The molecule has 0 aromatic carbocycles. The molecule has 7 heteroatoms. The molecular weight excluding hydrogens is 254 g/mol. The van der Waals surface area contributed by atoms with E-state index in [1.165, 1.54) is 0 Å². The first-order valence-electron chi connectivity index (χ1n) is 5.90. The quantitative estimate of drug-likeness (QED) is 0.404. The zero-order valence-electron chi connectivity index (χ0n) is 10.7. The van der Waals surface area contributed by atoms with E-state index in [4.69, 9.17) is 10.8 Å². The van der Waals surface area contributed by atoms with Gasteiger partial charge in [-0.2, -0.15) is 0 Å². The Morgan fingerprint density at radius 1 is 1.22 bits per heavy atom. The number of amides is 1. The molecule has 0 radical (unpaired) electrons. The summed E-state index contributed by atoms with van der Waals surface area (Å²) in [6.45, 7) is 4.08. The summed E-state index contributed by atoms with van der Waals surface area (Å²) < 4.78 is 0. The monoisotopic (exact) mass is 275 g/mol. The molecule has 0 heterocycles. The van der Waals surface area contributed by atoms with Crippen molar-refractivity contribution >= 4 is 29.2 Å². The first-order valence-corrected chi connectivity index (χ1v) is 6.30. The van der Waals surface area contributed by atoms with Gasteiger partial charge in [0.1, 0.15) is 0 Å². The molecule has 0 aliphatic heterocycles. The lowest BCUT2D eigenvalue weighted by molar-refractivity contribution is -0.142. The van der Waals surface area contributed by atoms with Crippen LogP contribution in [0.25, 0.3) is 0 Å². The van der Waals surface area contributed by atoms with E-state index in [0.717, 1.165) is 6.42 Å². The maximum Gasteiger partial charge on any atom is 0.306 e. The Bertz CT molecular complexity index is 308. The number of hydrogen-bond acceptors (Lipinski definition) is 3. The number of nitrogens with two attached hydrogens (primary N) is 1. The molecule has 0 aliphatic carbocycles. The third kappa shape index (κ3) is 8.74. The number of carboxylic acid groups (broad SMARTS) is 1. The van der Waals surface area contributed by atoms with Gasteiger partial charge in [-0.3, -0.25) is 20.4 Å². The van der Waals surface area contributed by atoms with Crippen molar-refractivity contribution in [2.24, 2.45) is 17.6 Å². The molecule has 6 nitrogen and oxygen atoms in total. The van der Waals surface area contributed by atoms with Crippen molar-refractivity contribution in [3.63, 3.8) is 0 Å². The van der Waals surface area contributed by atoms with E-state index in [1.54, 1.807) is 0 Å². The van der Waals surface area contributed by atoms with Crippen LogP contribution in [0.2, 0.25) is 0 Å². The van der Waals surface area contributed by atoms with Gasteiger partial charge < -0.3 is 10.8 Å². The van der Waals surface area contributed by atoms with Gasteiger partial charge in [0.15, 0.2) is 5.11 Å². The second kappa shape index (κ2) is 8.68. The number of thiocarbonyl (C=S) groups is 1.